The fraction of sp³-hybridized carbons (Fsp3) is 0.462. The van der Waals surface area contributed by atoms with E-state index in [0.717, 1.165) is 32.1 Å². The largest absolute Gasteiger partial charge is 0.508 e. The number of benzene rings is 2. The molecule has 34 heavy (non-hydrogen) atoms. The summed E-state index contributed by atoms with van der Waals surface area (Å²) in [4.78, 5) is 24.7. The first-order valence-electron chi connectivity index (χ1n) is 11.6. The lowest BCUT2D eigenvalue weighted by Crippen LogP contribution is -2.11. The number of phenols is 2. The molecule has 2 aromatic carbocycles. The van der Waals surface area contributed by atoms with Gasteiger partial charge in [-0.3, -0.25) is 0 Å². The first-order valence-corrected chi connectivity index (χ1v) is 11.6. The number of unbranched alkanes of at least 4 members (excludes halogenated alkanes) is 4. The molecule has 0 atom stereocenters. The van der Waals surface area contributed by atoms with Gasteiger partial charge in [-0.05, 0) is 37.3 Å². The van der Waals surface area contributed by atoms with Crippen molar-refractivity contribution in [1.29, 1.82) is 0 Å². The maximum Gasteiger partial charge on any atom is 0.341 e. The van der Waals surface area contributed by atoms with Crippen LogP contribution in [0.3, 0.4) is 0 Å². The molecule has 0 amide bonds. The zero-order valence-electron chi connectivity index (χ0n) is 20.3. The molecule has 0 aliphatic heterocycles. The molecule has 2 rings (SSSR count). The molecular weight excluding hydrogens is 440 g/mol. The third-order valence-electron chi connectivity index (χ3n) is 5.61. The molecule has 0 radical (unpaired) electrons. The second-order valence-electron chi connectivity index (χ2n) is 8.07. The molecule has 0 fully saturated rings. The van der Waals surface area contributed by atoms with Gasteiger partial charge in [-0.25, -0.2) is 9.59 Å². The standard InChI is InChI=1S/C26H34O8/c1-5-7-9-11-16-13-17(27)14-20(22(16)26(31)33-4)34-24-18(12-10-8-6-2)23(25(29)30)19(28)15-21(24)32-3/h13-15,27-28H,5-12H2,1-4H3,(H,29,30). The number of aryl methyl sites for hydroxylation is 1. The van der Waals surface area contributed by atoms with Gasteiger partial charge in [-0.1, -0.05) is 39.5 Å². The van der Waals surface area contributed by atoms with Crippen molar-refractivity contribution in [2.75, 3.05) is 14.2 Å². The molecule has 8 nitrogen and oxygen atoms in total. The van der Waals surface area contributed by atoms with Gasteiger partial charge in [0.1, 0.15) is 28.4 Å². The van der Waals surface area contributed by atoms with Crippen LogP contribution in [0.15, 0.2) is 18.2 Å². The molecule has 0 aliphatic rings. The average molecular weight is 475 g/mol. The molecule has 0 bridgehead atoms. The summed E-state index contributed by atoms with van der Waals surface area (Å²) >= 11 is 0. The van der Waals surface area contributed by atoms with Gasteiger partial charge in [-0.2, -0.15) is 0 Å². The summed E-state index contributed by atoms with van der Waals surface area (Å²) < 4.78 is 16.5. The van der Waals surface area contributed by atoms with E-state index in [9.17, 15) is 24.9 Å². The Morgan fingerprint density at radius 1 is 0.853 bits per heavy atom. The van der Waals surface area contributed by atoms with Gasteiger partial charge in [0.15, 0.2) is 11.5 Å². The van der Waals surface area contributed by atoms with Crippen LogP contribution in [0.2, 0.25) is 0 Å². The number of carbonyl (C=O) groups is 2. The molecule has 0 spiro atoms. The number of ether oxygens (including phenoxy) is 3. The molecular formula is C26H34O8. The summed E-state index contributed by atoms with van der Waals surface area (Å²) in [5, 5.41) is 30.5. The van der Waals surface area contributed by atoms with E-state index in [2.05, 4.69) is 6.92 Å². The van der Waals surface area contributed by atoms with Crippen LogP contribution in [0.1, 0.15) is 84.2 Å². The van der Waals surface area contributed by atoms with Gasteiger partial charge < -0.3 is 29.5 Å². The molecule has 0 heterocycles. The third kappa shape index (κ3) is 6.34. The first kappa shape index (κ1) is 26.8. The van der Waals surface area contributed by atoms with E-state index in [-0.39, 0.29) is 39.7 Å². The van der Waals surface area contributed by atoms with E-state index in [4.69, 9.17) is 14.2 Å². The van der Waals surface area contributed by atoms with Gasteiger partial charge in [0.2, 0.25) is 0 Å². The van der Waals surface area contributed by atoms with Crippen LogP contribution in [-0.4, -0.2) is 41.5 Å². The van der Waals surface area contributed by atoms with E-state index in [0.29, 0.717) is 24.8 Å². The Bertz CT molecular complexity index is 1010. The van der Waals surface area contributed by atoms with Gasteiger partial charge in [-0.15, -0.1) is 0 Å². The van der Waals surface area contributed by atoms with E-state index in [1.807, 2.05) is 6.92 Å². The van der Waals surface area contributed by atoms with Crippen molar-refractivity contribution in [2.24, 2.45) is 0 Å². The molecule has 0 aromatic heterocycles. The number of aromatic carboxylic acids is 1. The van der Waals surface area contributed by atoms with E-state index in [1.165, 1.54) is 32.4 Å². The van der Waals surface area contributed by atoms with Gasteiger partial charge in [0, 0.05) is 17.7 Å². The molecule has 2 aromatic rings. The van der Waals surface area contributed by atoms with Crippen LogP contribution < -0.4 is 9.47 Å². The normalized spacial score (nSPS) is 10.7. The highest BCUT2D eigenvalue weighted by Gasteiger charge is 2.27. The Morgan fingerprint density at radius 3 is 2.06 bits per heavy atom. The number of aromatic hydroxyl groups is 2. The maximum absolute atomic E-state index is 12.7. The fourth-order valence-corrected chi connectivity index (χ4v) is 3.92. The number of rotatable bonds is 13. The van der Waals surface area contributed by atoms with Crippen molar-refractivity contribution in [2.45, 2.75) is 65.2 Å². The van der Waals surface area contributed by atoms with Crippen molar-refractivity contribution in [3.63, 3.8) is 0 Å². The minimum Gasteiger partial charge on any atom is -0.508 e. The third-order valence-corrected chi connectivity index (χ3v) is 5.61. The Kier molecular flexibility index (Phi) is 10.0. The lowest BCUT2D eigenvalue weighted by molar-refractivity contribution is 0.0595. The highest BCUT2D eigenvalue weighted by molar-refractivity contribution is 5.96. The molecule has 0 unspecified atom stereocenters. The number of esters is 1. The fourth-order valence-electron chi connectivity index (χ4n) is 3.92. The Morgan fingerprint density at radius 2 is 1.50 bits per heavy atom. The van der Waals surface area contributed by atoms with Crippen molar-refractivity contribution in [1.82, 2.24) is 0 Å². The van der Waals surface area contributed by atoms with Crippen molar-refractivity contribution in [3.8, 4) is 28.7 Å². The summed E-state index contributed by atoms with van der Waals surface area (Å²) in [7, 11) is 2.63. The Balaban J connectivity index is 2.72. The topological polar surface area (TPSA) is 123 Å². The Labute approximate surface area is 200 Å². The molecule has 3 N–H and O–H groups in total. The molecule has 0 aliphatic carbocycles. The quantitative estimate of drug-likeness (QED) is 0.244. The average Bonchev–Trinajstić information content (AvgIpc) is 2.79. The first-order chi connectivity index (χ1) is 16.3. The number of carboxylic acid groups (broad SMARTS) is 1. The van der Waals surface area contributed by atoms with E-state index < -0.39 is 17.7 Å². The number of carbonyl (C=O) groups excluding carboxylic acids is 1. The van der Waals surface area contributed by atoms with Crippen molar-refractivity contribution in [3.05, 3.63) is 40.5 Å². The van der Waals surface area contributed by atoms with Gasteiger partial charge in [0.05, 0.1) is 14.2 Å². The summed E-state index contributed by atoms with van der Waals surface area (Å²) in [6, 6.07) is 3.97. The molecule has 8 heteroatoms. The number of hydrogen-bond donors (Lipinski definition) is 3. The van der Waals surface area contributed by atoms with Crippen LogP contribution >= 0.6 is 0 Å². The highest BCUT2D eigenvalue weighted by atomic mass is 16.5. The summed E-state index contributed by atoms with van der Waals surface area (Å²) in [6.45, 7) is 4.09. The molecule has 0 saturated heterocycles. The minimum atomic E-state index is -1.30. The maximum atomic E-state index is 12.7. The van der Waals surface area contributed by atoms with Crippen LogP contribution in [0.4, 0.5) is 0 Å². The van der Waals surface area contributed by atoms with Crippen LogP contribution in [0.25, 0.3) is 0 Å². The molecule has 0 saturated carbocycles. The monoisotopic (exact) mass is 474 g/mol. The second kappa shape index (κ2) is 12.7. The zero-order chi connectivity index (χ0) is 25.3. The summed E-state index contributed by atoms with van der Waals surface area (Å²) in [5.41, 5.74) is 0.696. The predicted molar refractivity (Wildman–Crippen MR) is 128 cm³/mol. The highest BCUT2D eigenvalue weighted by Crippen LogP contribution is 2.44. The molecule has 186 valence electrons. The predicted octanol–water partition coefficient (Wildman–Crippen LogP) is 5.85. The van der Waals surface area contributed by atoms with Crippen molar-refractivity contribution < 1.29 is 39.1 Å². The lowest BCUT2D eigenvalue weighted by atomic mass is 9.97. The van der Waals surface area contributed by atoms with Crippen LogP contribution in [0, 0.1) is 0 Å². The summed E-state index contributed by atoms with van der Waals surface area (Å²) in [5.74, 6) is -2.27. The zero-order valence-corrected chi connectivity index (χ0v) is 20.3. The lowest BCUT2D eigenvalue weighted by Gasteiger charge is -2.20. The van der Waals surface area contributed by atoms with Crippen molar-refractivity contribution >= 4 is 11.9 Å². The minimum absolute atomic E-state index is 0.0235. The number of methoxy groups -OCH3 is 2. The van der Waals surface area contributed by atoms with Gasteiger partial charge >= 0.3 is 11.9 Å². The number of carboxylic acids is 1. The summed E-state index contributed by atoms with van der Waals surface area (Å²) in [6.07, 6.45) is 5.99. The van der Waals surface area contributed by atoms with Crippen LogP contribution in [0.5, 0.6) is 28.7 Å². The Hall–Kier alpha value is -3.42. The number of hydrogen-bond acceptors (Lipinski definition) is 7. The smallest absolute Gasteiger partial charge is 0.341 e. The second-order valence-corrected chi connectivity index (χ2v) is 8.07. The van der Waals surface area contributed by atoms with E-state index in [1.54, 1.807) is 0 Å². The van der Waals surface area contributed by atoms with E-state index >= 15 is 0 Å². The van der Waals surface area contributed by atoms with Gasteiger partial charge in [0.25, 0.3) is 0 Å². The van der Waals surface area contributed by atoms with Crippen LogP contribution in [-0.2, 0) is 17.6 Å². The SMILES string of the molecule is CCCCCc1cc(O)cc(Oc2c(OC)cc(O)c(C(=O)O)c2CCCCC)c1C(=O)OC. The number of phenolic OH excluding ortho intramolecular Hbond substituents is 1.